The van der Waals surface area contributed by atoms with Gasteiger partial charge in [0.15, 0.2) is 19.5 Å². The Morgan fingerprint density at radius 2 is 1.33 bits per heavy atom. The van der Waals surface area contributed by atoms with E-state index in [0.29, 0.717) is 0 Å². The van der Waals surface area contributed by atoms with Crippen LogP contribution in [0, 0.1) is 0 Å². The molecule has 2 nitrogen and oxygen atoms in total. The van der Waals surface area contributed by atoms with E-state index in [1.165, 1.54) is 12.8 Å². The van der Waals surface area contributed by atoms with Gasteiger partial charge in [0, 0.05) is 23.7 Å². The summed E-state index contributed by atoms with van der Waals surface area (Å²) in [6.45, 7) is 6.06. The molecule has 0 saturated heterocycles. The van der Waals surface area contributed by atoms with E-state index in [-0.39, 0.29) is 19.5 Å². The predicted molar refractivity (Wildman–Crippen MR) is 95.0 cm³/mol. The van der Waals surface area contributed by atoms with Crippen LogP contribution in [-0.4, -0.2) is 43.2 Å². The van der Waals surface area contributed by atoms with Gasteiger partial charge in [-0.2, -0.15) is 0 Å². The molecule has 0 aromatic carbocycles. The number of hydrogen-bond acceptors (Lipinski definition) is 6. The van der Waals surface area contributed by atoms with E-state index in [1.807, 2.05) is 19.7 Å². The highest BCUT2D eigenvalue weighted by Crippen LogP contribution is 2.60. The van der Waals surface area contributed by atoms with Crippen LogP contribution in [0.25, 0.3) is 0 Å². The van der Waals surface area contributed by atoms with E-state index < -0.39 is 0 Å². The van der Waals surface area contributed by atoms with Crippen molar-refractivity contribution in [3.05, 3.63) is 0 Å². The molecule has 2 saturated carbocycles. The predicted octanol–water partition coefficient (Wildman–Crippen LogP) is 3.03. The zero-order valence-corrected chi connectivity index (χ0v) is 17.1. The van der Waals surface area contributed by atoms with Gasteiger partial charge in [-0.3, -0.25) is 0 Å². The van der Waals surface area contributed by atoms with Crippen molar-refractivity contribution in [2.75, 3.05) is 13.2 Å². The van der Waals surface area contributed by atoms with Crippen LogP contribution in [0.15, 0.2) is 0 Å². The molecule has 0 aromatic rings. The number of hydrogen-bond donors (Lipinski definition) is 0. The van der Waals surface area contributed by atoms with Crippen LogP contribution in [0.5, 0.6) is 0 Å². The molecule has 2 aliphatic carbocycles. The molecule has 0 amide bonds. The van der Waals surface area contributed by atoms with Gasteiger partial charge in [-0.1, -0.05) is 21.6 Å². The van der Waals surface area contributed by atoms with Gasteiger partial charge < -0.3 is 8.85 Å². The Balaban J connectivity index is 1.37. The molecule has 0 bridgehead atoms. The van der Waals surface area contributed by atoms with Gasteiger partial charge in [0.05, 0.1) is 0 Å². The topological polar surface area (TPSA) is 18.5 Å². The molecule has 0 aromatic heterocycles. The van der Waals surface area contributed by atoms with Crippen molar-refractivity contribution in [3.63, 3.8) is 0 Å². The fourth-order valence-corrected chi connectivity index (χ4v) is 14.1. The van der Waals surface area contributed by atoms with E-state index in [1.54, 1.807) is 0 Å². The van der Waals surface area contributed by atoms with Gasteiger partial charge in [-0.05, 0) is 57.4 Å². The summed E-state index contributed by atoms with van der Waals surface area (Å²) < 4.78 is 11.2. The fourth-order valence-electron chi connectivity index (χ4n) is 1.70. The Kier molecular flexibility index (Phi) is 7.99. The van der Waals surface area contributed by atoms with Gasteiger partial charge >= 0.3 is 0 Å². The Morgan fingerprint density at radius 1 is 0.889 bits per heavy atom. The summed E-state index contributed by atoms with van der Waals surface area (Å²) >= 11 is 0. The molecule has 0 aliphatic heterocycles. The maximum Gasteiger partial charge on any atom is 0.165 e. The minimum Gasteiger partial charge on any atom is -0.424 e. The molecule has 18 heavy (non-hydrogen) atoms. The zero-order chi connectivity index (χ0) is 12.8. The first-order chi connectivity index (χ1) is 8.85. The van der Waals surface area contributed by atoms with Crippen LogP contribution in [-0.2, 0) is 8.85 Å². The molecule has 0 N–H and O–H groups in total. The van der Waals surface area contributed by atoms with Gasteiger partial charge in [0.1, 0.15) is 0 Å². The molecule has 0 radical (unpaired) electrons. The number of rotatable bonds is 11. The monoisotopic (exact) mass is 358 g/mol. The summed E-state index contributed by atoms with van der Waals surface area (Å²) in [7, 11) is 7.74. The highest BCUT2D eigenvalue weighted by molar-refractivity contribution is 9.26. The van der Waals surface area contributed by atoms with E-state index in [2.05, 4.69) is 35.4 Å². The van der Waals surface area contributed by atoms with Crippen LogP contribution in [0.3, 0.4) is 0 Å². The highest BCUT2D eigenvalue weighted by atomic mass is 33.7. The van der Waals surface area contributed by atoms with Crippen LogP contribution < -0.4 is 0 Å². The van der Waals surface area contributed by atoms with Crippen molar-refractivity contribution >= 4 is 60.8 Å². The van der Waals surface area contributed by atoms with Crippen molar-refractivity contribution in [2.24, 2.45) is 0 Å². The average molecular weight is 359 g/mol. The van der Waals surface area contributed by atoms with E-state index in [4.69, 9.17) is 8.85 Å². The largest absolute Gasteiger partial charge is 0.424 e. The molecular weight excluding hydrogens is 337 g/mol. The van der Waals surface area contributed by atoms with Crippen molar-refractivity contribution < 1.29 is 8.85 Å². The molecule has 2 aliphatic rings. The third-order valence-corrected chi connectivity index (χ3v) is 15.2. The van der Waals surface area contributed by atoms with Crippen molar-refractivity contribution in [2.45, 2.75) is 48.3 Å². The van der Waals surface area contributed by atoms with Gasteiger partial charge in [-0.15, -0.1) is 0 Å². The first-order valence-corrected chi connectivity index (χ1v) is 14.4. The second-order valence-corrected chi connectivity index (χ2v) is 14.6. The second-order valence-electron chi connectivity index (χ2n) is 4.72. The van der Waals surface area contributed by atoms with Gasteiger partial charge in [0.25, 0.3) is 0 Å². The summed E-state index contributed by atoms with van der Waals surface area (Å²) in [5, 5.41) is 1.82. The lowest BCUT2D eigenvalue weighted by Crippen LogP contribution is -1.98. The Morgan fingerprint density at radius 3 is 1.72 bits per heavy atom. The first-order valence-electron chi connectivity index (χ1n) is 6.66. The van der Waals surface area contributed by atoms with Crippen LogP contribution >= 0.6 is 41.2 Å². The normalized spacial score (nSPS) is 35.0. The van der Waals surface area contributed by atoms with Crippen LogP contribution in [0.1, 0.15) is 26.7 Å². The van der Waals surface area contributed by atoms with Crippen LogP contribution in [0.2, 0.25) is 11.1 Å². The van der Waals surface area contributed by atoms with E-state index in [0.717, 1.165) is 34.8 Å². The molecular formula is C10H22O2S4Si2. The average Bonchev–Trinajstić information content (AvgIpc) is 3.27. The van der Waals surface area contributed by atoms with Gasteiger partial charge in [-0.25, -0.2) is 0 Å². The molecule has 4 unspecified atom stereocenters. The summed E-state index contributed by atoms with van der Waals surface area (Å²) in [6.07, 6.45) is 2.83. The molecule has 0 heterocycles. The first kappa shape index (κ1) is 16.1. The molecule has 8 heteroatoms. The highest BCUT2D eigenvalue weighted by Gasteiger charge is 2.40. The van der Waals surface area contributed by atoms with E-state index in [9.17, 15) is 0 Å². The lowest BCUT2D eigenvalue weighted by atomic mass is 10.9. The lowest BCUT2D eigenvalue weighted by Gasteiger charge is -2.00. The second kappa shape index (κ2) is 8.91. The minimum atomic E-state index is -0.207. The fraction of sp³-hybridized carbons (Fsp3) is 1.00. The zero-order valence-electron chi connectivity index (χ0n) is 11.0. The molecule has 2 fully saturated rings. The summed E-state index contributed by atoms with van der Waals surface area (Å²) in [5.41, 5.74) is 1.93. The third-order valence-electron chi connectivity index (χ3n) is 3.14. The maximum atomic E-state index is 5.59. The summed E-state index contributed by atoms with van der Waals surface area (Å²) in [4.78, 5) is 0. The third kappa shape index (κ3) is 6.03. The molecule has 106 valence electrons. The van der Waals surface area contributed by atoms with Crippen molar-refractivity contribution in [1.29, 1.82) is 0 Å². The summed E-state index contributed by atoms with van der Waals surface area (Å²) in [5.74, 6) is 0. The quantitative estimate of drug-likeness (QED) is 0.319. The lowest BCUT2D eigenvalue weighted by molar-refractivity contribution is 0.359. The van der Waals surface area contributed by atoms with E-state index >= 15 is 0 Å². The van der Waals surface area contributed by atoms with Gasteiger partial charge in [0.2, 0.25) is 0 Å². The molecule has 4 atom stereocenters. The standard InChI is InChI=1S/C10H22O2S4Si2/c1-3-11-17-9-5-7(9)13-15-16-14-8-6-10(8)18-12-4-2/h7-10H,3-6,17-18H2,1-2H3. The van der Waals surface area contributed by atoms with Crippen molar-refractivity contribution in [1.82, 2.24) is 0 Å². The maximum absolute atomic E-state index is 5.59. The summed E-state index contributed by atoms with van der Waals surface area (Å²) in [6, 6.07) is 0. The molecule has 0 spiro atoms. The Labute approximate surface area is 130 Å². The van der Waals surface area contributed by atoms with Crippen LogP contribution in [0.4, 0.5) is 0 Å². The smallest absolute Gasteiger partial charge is 0.165 e. The molecule has 2 rings (SSSR count). The van der Waals surface area contributed by atoms with Crippen molar-refractivity contribution in [3.8, 4) is 0 Å². The minimum absolute atomic E-state index is 0.207. The SMILES string of the molecule is CCO[SiH2]C1CC1SSSSC1CC1[SiH2]OCC. The Hall–Kier alpha value is 1.75. The Bertz CT molecular complexity index is 226.